The van der Waals surface area contributed by atoms with Gasteiger partial charge in [0, 0.05) is 7.05 Å². The number of hydrogen-bond acceptors (Lipinski definition) is 5. The number of rotatable bonds is 4. The monoisotopic (exact) mass is 290 g/mol. The highest BCUT2D eigenvalue weighted by molar-refractivity contribution is 5.58. The SMILES string of the molecule is CN(Cc1ncc(-c2ccccc2)[nH]1)c1cnc(C#N)cn1. The van der Waals surface area contributed by atoms with Crippen molar-refractivity contribution in [3.8, 4) is 17.3 Å². The molecule has 0 bridgehead atoms. The van der Waals surface area contributed by atoms with Crippen LogP contribution in [0, 0.1) is 11.3 Å². The number of nitrogens with zero attached hydrogens (tertiary/aromatic N) is 5. The zero-order chi connectivity index (χ0) is 15.4. The summed E-state index contributed by atoms with van der Waals surface area (Å²) in [7, 11) is 1.90. The molecule has 2 aromatic heterocycles. The first-order chi connectivity index (χ1) is 10.8. The molecule has 0 aliphatic rings. The Labute approximate surface area is 128 Å². The van der Waals surface area contributed by atoms with E-state index in [1.807, 2.05) is 54.5 Å². The minimum Gasteiger partial charge on any atom is -0.351 e. The van der Waals surface area contributed by atoms with Gasteiger partial charge in [-0.1, -0.05) is 30.3 Å². The molecule has 0 fully saturated rings. The molecule has 0 saturated heterocycles. The molecule has 3 aromatic rings. The zero-order valence-corrected chi connectivity index (χ0v) is 12.1. The molecular formula is C16H14N6. The summed E-state index contributed by atoms with van der Waals surface area (Å²) in [4.78, 5) is 17.8. The molecule has 2 heterocycles. The second kappa shape index (κ2) is 6.06. The lowest BCUT2D eigenvalue weighted by molar-refractivity contribution is 0.838. The van der Waals surface area contributed by atoms with Gasteiger partial charge in [-0.3, -0.25) is 0 Å². The van der Waals surface area contributed by atoms with E-state index in [9.17, 15) is 0 Å². The number of nitrogens with one attached hydrogen (secondary N) is 1. The number of imidazole rings is 1. The van der Waals surface area contributed by atoms with Gasteiger partial charge in [0.2, 0.25) is 0 Å². The maximum absolute atomic E-state index is 8.73. The maximum Gasteiger partial charge on any atom is 0.158 e. The Kier molecular flexibility index (Phi) is 3.79. The van der Waals surface area contributed by atoms with Crippen molar-refractivity contribution in [3.63, 3.8) is 0 Å². The number of H-pyrrole nitrogens is 1. The summed E-state index contributed by atoms with van der Waals surface area (Å²) in [5.74, 6) is 1.53. The van der Waals surface area contributed by atoms with Crippen LogP contribution in [0.3, 0.4) is 0 Å². The molecule has 6 nitrogen and oxygen atoms in total. The Morgan fingerprint density at radius 1 is 1.09 bits per heavy atom. The van der Waals surface area contributed by atoms with Crippen LogP contribution >= 0.6 is 0 Å². The van der Waals surface area contributed by atoms with Gasteiger partial charge in [0.25, 0.3) is 0 Å². The van der Waals surface area contributed by atoms with Crippen LogP contribution in [0.15, 0.2) is 48.9 Å². The third-order valence-electron chi connectivity index (χ3n) is 3.24. The molecule has 108 valence electrons. The maximum atomic E-state index is 8.73. The van der Waals surface area contributed by atoms with Gasteiger partial charge in [-0.25, -0.2) is 15.0 Å². The second-order valence-electron chi connectivity index (χ2n) is 4.84. The van der Waals surface area contributed by atoms with Crippen LogP contribution in [-0.4, -0.2) is 27.0 Å². The van der Waals surface area contributed by atoms with Gasteiger partial charge in [-0.2, -0.15) is 5.26 Å². The number of hydrogen-bond donors (Lipinski definition) is 1. The molecule has 22 heavy (non-hydrogen) atoms. The van der Waals surface area contributed by atoms with Crippen molar-refractivity contribution in [2.24, 2.45) is 0 Å². The average Bonchev–Trinajstić information content (AvgIpc) is 3.04. The van der Waals surface area contributed by atoms with Gasteiger partial charge in [0.15, 0.2) is 5.69 Å². The summed E-state index contributed by atoms with van der Waals surface area (Å²) >= 11 is 0. The van der Waals surface area contributed by atoms with Crippen molar-refractivity contribution >= 4 is 5.82 Å². The molecule has 6 heteroatoms. The van der Waals surface area contributed by atoms with Gasteiger partial charge in [-0.05, 0) is 5.56 Å². The number of nitriles is 1. The van der Waals surface area contributed by atoms with Crippen LogP contribution in [0.25, 0.3) is 11.3 Å². The lowest BCUT2D eigenvalue weighted by Crippen LogP contribution is -2.18. The van der Waals surface area contributed by atoms with Gasteiger partial charge in [0.1, 0.15) is 17.7 Å². The first kappa shape index (κ1) is 13.8. The normalized spacial score (nSPS) is 10.2. The third-order valence-corrected chi connectivity index (χ3v) is 3.24. The highest BCUT2D eigenvalue weighted by Crippen LogP contribution is 2.17. The summed E-state index contributed by atoms with van der Waals surface area (Å²) in [6.07, 6.45) is 4.87. The van der Waals surface area contributed by atoms with E-state index in [4.69, 9.17) is 5.26 Å². The fraction of sp³-hybridized carbons (Fsp3) is 0.125. The van der Waals surface area contributed by atoms with E-state index in [-0.39, 0.29) is 0 Å². The Morgan fingerprint density at radius 2 is 1.91 bits per heavy atom. The van der Waals surface area contributed by atoms with Crippen LogP contribution in [0.5, 0.6) is 0 Å². The van der Waals surface area contributed by atoms with Crippen LogP contribution in [-0.2, 0) is 6.54 Å². The Bertz CT molecular complexity index is 786. The molecule has 0 atom stereocenters. The van der Waals surface area contributed by atoms with Gasteiger partial charge in [-0.15, -0.1) is 0 Å². The van der Waals surface area contributed by atoms with Crippen molar-refractivity contribution in [3.05, 3.63) is 60.4 Å². The minimum atomic E-state index is 0.307. The molecule has 1 aromatic carbocycles. The largest absolute Gasteiger partial charge is 0.351 e. The van der Waals surface area contributed by atoms with Crippen molar-refractivity contribution in [2.75, 3.05) is 11.9 Å². The van der Waals surface area contributed by atoms with Crippen molar-refractivity contribution < 1.29 is 0 Å². The first-order valence-electron chi connectivity index (χ1n) is 6.79. The van der Waals surface area contributed by atoms with Crippen molar-refractivity contribution in [2.45, 2.75) is 6.54 Å². The summed E-state index contributed by atoms with van der Waals surface area (Å²) in [5, 5.41) is 8.73. The lowest BCUT2D eigenvalue weighted by Gasteiger charge is -2.15. The second-order valence-corrected chi connectivity index (χ2v) is 4.84. The summed E-state index contributed by atoms with van der Waals surface area (Å²) < 4.78 is 0. The molecule has 0 amide bonds. The van der Waals surface area contributed by atoms with E-state index in [0.717, 1.165) is 17.1 Å². The molecule has 0 aliphatic heterocycles. The highest BCUT2D eigenvalue weighted by atomic mass is 15.2. The molecule has 0 aliphatic carbocycles. The average molecular weight is 290 g/mol. The fourth-order valence-corrected chi connectivity index (χ4v) is 2.09. The Morgan fingerprint density at radius 3 is 2.59 bits per heavy atom. The smallest absolute Gasteiger partial charge is 0.158 e. The van der Waals surface area contributed by atoms with E-state index in [1.54, 1.807) is 6.20 Å². The van der Waals surface area contributed by atoms with Crippen LogP contribution in [0.1, 0.15) is 11.5 Å². The van der Waals surface area contributed by atoms with Gasteiger partial charge >= 0.3 is 0 Å². The Hall–Kier alpha value is -3.20. The number of anilines is 1. The number of aromatic nitrogens is 4. The van der Waals surface area contributed by atoms with E-state index < -0.39 is 0 Å². The number of aromatic amines is 1. The zero-order valence-electron chi connectivity index (χ0n) is 12.1. The van der Waals surface area contributed by atoms with E-state index in [2.05, 4.69) is 19.9 Å². The topological polar surface area (TPSA) is 81.5 Å². The standard InChI is InChI=1S/C16H14N6/c1-22(16-10-18-13(7-17)8-20-16)11-15-19-9-14(21-15)12-5-3-2-4-6-12/h2-6,8-10H,11H2,1H3,(H,19,21). The van der Waals surface area contributed by atoms with E-state index in [1.165, 1.54) is 6.20 Å². The van der Waals surface area contributed by atoms with Crippen molar-refractivity contribution in [1.29, 1.82) is 5.26 Å². The quantitative estimate of drug-likeness (QED) is 0.797. The van der Waals surface area contributed by atoms with Gasteiger partial charge < -0.3 is 9.88 Å². The summed E-state index contributed by atoms with van der Waals surface area (Å²) in [6.45, 7) is 0.577. The predicted molar refractivity (Wildman–Crippen MR) is 82.9 cm³/mol. The van der Waals surface area contributed by atoms with E-state index in [0.29, 0.717) is 18.1 Å². The minimum absolute atomic E-state index is 0.307. The third kappa shape index (κ3) is 2.94. The number of benzene rings is 1. The molecule has 1 N–H and O–H groups in total. The Balaban J connectivity index is 1.73. The van der Waals surface area contributed by atoms with Crippen LogP contribution < -0.4 is 4.90 Å². The summed E-state index contributed by atoms with van der Waals surface area (Å²) in [5.41, 5.74) is 2.39. The molecule has 3 rings (SSSR count). The van der Waals surface area contributed by atoms with Crippen LogP contribution in [0.4, 0.5) is 5.82 Å². The molecule has 0 radical (unpaired) electrons. The van der Waals surface area contributed by atoms with Crippen LogP contribution in [0.2, 0.25) is 0 Å². The van der Waals surface area contributed by atoms with E-state index >= 15 is 0 Å². The molecular weight excluding hydrogens is 276 g/mol. The summed E-state index contributed by atoms with van der Waals surface area (Å²) in [6, 6.07) is 12.0. The lowest BCUT2D eigenvalue weighted by atomic mass is 10.2. The predicted octanol–water partition coefficient (Wildman–Crippen LogP) is 2.37. The molecule has 0 unspecified atom stereocenters. The highest BCUT2D eigenvalue weighted by Gasteiger charge is 2.08. The molecule has 0 saturated carbocycles. The van der Waals surface area contributed by atoms with Gasteiger partial charge in [0.05, 0.1) is 30.8 Å². The fourth-order valence-electron chi connectivity index (χ4n) is 2.09. The molecule has 0 spiro atoms. The first-order valence-corrected chi connectivity index (χ1v) is 6.79. The van der Waals surface area contributed by atoms with Crippen molar-refractivity contribution in [1.82, 2.24) is 19.9 Å².